The van der Waals surface area contributed by atoms with Gasteiger partial charge in [-0.05, 0) is 30.5 Å². The van der Waals surface area contributed by atoms with E-state index in [4.69, 9.17) is 4.42 Å². The van der Waals surface area contributed by atoms with Crippen LogP contribution in [0, 0.1) is 5.92 Å². The molecule has 1 atom stereocenters. The van der Waals surface area contributed by atoms with Crippen LogP contribution in [0.4, 0.5) is 5.69 Å². The van der Waals surface area contributed by atoms with Gasteiger partial charge in [0.2, 0.25) is 5.89 Å². The maximum Gasteiger partial charge on any atom is 0.213 e. The minimum atomic E-state index is -0.0339. The zero-order valence-corrected chi connectivity index (χ0v) is 18.7. The Balaban J connectivity index is 1.45. The molecule has 1 saturated heterocycles. The van der Waals surface area contributed by atoms with Crippen LogP contribution in [0.15, 0.2) is 44.3 Å². The van der Waals surface area contributed by atoms with E-state index in [0.717, 1.165) is 35.8 Å². The highest BCUT2D eigenvalue weighted by Gasteiger charge is 2.23. The van der Waals surface area contributed by atoms with E-state index in [0.29, 0.717) is 18.4 Å². The Hall–Kier alpha value is -2.02. The SMILES string of the molecule is CN=C(NCc1ncc(C(C)(C)C)o1)NCC1CCN(c2cccc(Br)c2)C1. The fraction of sp³-hybridized carbons (Fsp3) is 0.524. The summed E-state index contributed by atoms with van der Waals surface area (Å²) in [6.45, 7) is 9.89. The van der Waals surface area contributed by atoms with Crippen LogP contribution in [0.3, 0.4) is 0 Å². The molecule has 2 N–H and O–H groups in total. The van der Waals surface area contributed by atoms with Gasteiger partial charge in [-0.15, -0.1) is 0 Å². The van der Waals surface area contributed by atoms with Crippen molar-refractivity contribution in [2.24, 2.45) is 10.9 Å². The molecule has 1 aliphatic rings. The summed E-state index contributed by atoms with van der Waals surface area (Å²) >= 11 is 3.56. The van der Waals surface area contributed by atoms with Gasteiger partial charge in [0.15, 0.2) is 5.96 Å². The average molecular weight is 448 g/mol. The number of aromatic nitrogens is 1. The molecule has 0 saturated carbocycles. The number of hydrogen-bond donors (Lipinski definition) is 2. The molecule has 1 aromatic heterocycles. The molecule has 2 aromatic rings. The van der Waals surface area contributed by atoms with E-state index in [1.54, 1.807) is 7.05 Å². The molecule has 1 fully saturated rings. The van der Waals surface area contributed by atoms with Crippen molar-refractivity contribution in [3.8, 4) is 0 Å². The van der Waals surface area contributed by atoms with Crippen LogP contribution < -0.4 is 15.5 Å². The summed E-state index contributed by atoms with van der Waals surface area (Å²) in [5, 5.41) is 6.72. The van der Waals surface area contributed by atoms with Crippen molar-refractivity contribution >= 4 is 27.6 Å². The number of nitrogens with one attached hydrogen (secondary N) is 2. The molecule has 0 radical (unpaired) electrons. The number of hydrogen-bond acceptors (Lipinski definition) is 4. The molecule has 0 bridgehead atoms. The monoisotopic (exact) mass is 447 g/mol. The summed E-state index contributed by atoms with van der Waals surface area (Å²) < 4.78 is 6.95. The van der Waals surface area contributed by atoms with Crippen molar-refractivity contribution in [1.82, 2.24) is 15.6 Å². The number of nitrogens with zero attached hydrogens (tertiary/aromatic N) is 3. The van der Waals surface area contributed by atoms with Gasteiger partial charge in [-0.2, -0.15) is 0 Å². The minimum Gasteiger partial charge on any atom is -0.443 e. The van der Waals surface area contributed by atoms with Gasteiger partial charge in [-0.25, -0.2) is 4.98 Å². The standard InChI is InChI=1S/C21H30BrN5O/c1-21(2,3)18-12-24-19(28-18)13-26-20(23-4)25-11-15-8-9-27(14-15)17-7-5-6-16(22)10-17/h5-7,10,12,15H,8-9,11,13-14H2,1-4H3,(H2,23,25,26). The highest BCUT2D eigenvalue weighted by Crippen LogP contribution is 2.26. The summed E-state index contributed by atoms with van der Waals surface area (Å²) in [5.41, 5.74) is 1.24. The zero-order valence-electron chi connectivity index (χ0n) is 17.1. The number of anilines is 1. The van der Waals surface area contributed by atoms with Gasteiger partial charge in [-0.3, -0.25) is 4.99 Å². The van der Waals surface area contributed by atoms with Gasteiger partial charge < -0.3 is 20.0 Å². The third-order valence-corrected chi connectivity index (χ3v) is 5.43. The Labute approximate surface area is 175 Å². The molecule has 1 aromatic carbocycles. The van der Waals surface area contributed by atoms with Crippen LogP contribution in [0.5, 0.6) is 0 Å². The maximum atomic E-state index is 5.83. The first-order valence-electron chi connectivity index (χ1n) is 9.75. The van der Waals surface area contributed by atoms with Crippen LogP contribution in [0.2, 0.25) is 0 Å². The highest BCUT2D eigenvalue weighted by molar-refractivity contribution is 9.10. The zero-order chi connectivity index (χ0) is 20.1. The second-order valence-electron chi connectivity index (χ2n) is 8.26. The maximum absolute atomic E-state index is 5.83. The molecule has 1 unspecified atom stereocenters. The van der Waals surface area contributed by atoms with Crippen molar-refractivity contribution in [1.29, 1.82) is 0 Å². The van der Waals surface area contributed by atoms with Crippen molar-refractivity contribution in [2.75, 3.05) is 31.6 Å². The molecule has 0 spiro atoms. The highest BCUT2D eigenvalue weighted by atomic mass is 79.9. The first-order valence-corrected chi connectivity index (χ1v) is 10.5. The first-order chi connectivity index (χ1) is 13.3. The quantitative estimate of drug-likeness (QED) is 0.536. The lowest BCUT2D eigenvalue weighted by molar-refractivity contribution is 0.379. The van der Waals surface area contributed by atoms with Crippen LogP contribution in [-0.2, 0) is 12.0 Å². The van der Waals surface area contributed by atoms with Crippen molar-refractivity contribution in [3.63, 3.8) is 0 Å². The summed E-state index contributed by atoms with van der Waals surface area (Å²) in [5.74, 6) is 2.93. The number of guanidine groups is 1. The summed E-state index contributed by atoms with van der Waals surface area (Å²) in [7, 11) is 1.79. The minimum absolute atomic E-state index is 0.0339. The predicted molar refractivity (Wildman–Crippen MR) is 118 cm³/mol. The topological polar surface area (TPSA) is 65.7 Å². The second-order valence-corrected chi connectivity index (χ2v) is 9.17. The third kappa shape index (κ3) is 5.50. The lowest BCUT2D eigenvalue weighted by atomic mass is 9.94. The smallest absolute Gasteiger partial charge is 0.213 e. The third-order valence-electron chi connectivity index (χ3n) is 4.94. The van der Waals surface area contributed by atoms with E-state index in [2.05, 4.69) is 86.5 Å². The number of benzene rings is 1. The normalized spacial score (nSPS) is 17.8. The number of aliphatic imine (C=N–C) groups is 1. The molecule has 0 amide bonds. The average Bonchev–Trinajstić information content (AvgIpc) is 3.31. The largest absolute Gasteiger partial charge is 0.443 e. The first kappa shape index (κ1) is 20.7. The van der Waals surface area contributed by atoms with Crippen molar-refractivity contribution in [2.45, 2.75) is 39.2 Å². The molecule has 6 nitrogen and oxygen atoms in total. The van der Waals surface area contributed by atoms with Gasteiger partial charge in [0.1, 0.15) is 5.76 Å². The summed E-state index contributed by atoms with van der Waals surface area (Å²) in [6, 6.07) is 8.50. The molecule has 0 aliphatic carbocycles. The Morgan fingerprint density at radius 2 is 2.18 bits per heavy atom. The molecule has 28 heavy (non-hydrogen) atoms. The number of rotatable bonds is 5. The van der Waals surface area contributed by atoms with Crippen LogP contribution >= 0.6 is 15.9 Å². The van der Waals surface area contributed by atoms with Crippen LogP contribution in [0.1, 0.15) is 38.8 Å². The molecule has 3 rings (SSSR count). The Morgan fingerprint density at radius 1 is 1.36 bits per heavy atom. The molecule has 1 aliphatic heterocycles. The summed E-state index contributed by atoms with van der Waals surface area (Å²) in [4.78, 5) is 11.1. The van der Waals surface area contributed by atoms with Crippen molar-refractivity contribution in [3.05, 3.63) is 46.6 Å². The fourth-order valence-electron chi connectivity index (χ4n) is 3.27. The van der Waals surface area contributed by atoms with Gasteiger partial charge >= 0.3 is 0 Å². The Kier molecular flexibility index (Phi) is 6.65. The van der Waals surface area contributed by atoms with Gasteiger partial charge in [0.05, 0.1) is 12.7 Å². The van der Waals surface area contributed by atoms with E-state index in [-0.39, 0.29) is 5.41 Å². The van der Waals surface area contributed by atoms with Gasteiger partial charge in [0.25, 0.3) is 0 Å². The Morgan fingerprint density at radius 3 is 2.86 bits per heavy atom. The molecule has 7 heteroatoms. The van der Waals surface area contributed by atoms with Gasteiger partial charge in [-0.1, -0.05) is 42.8 Å². The molecular weight excluding hydrogens is 418 g/mol. The van der Waals surface area contributed by atoms with Crippen LogP contribution in [0.25, 0.3) is 0 Å². The van der Waals surface area contributed by atoms with Gasteiger partial charge in [0, 0.05) is 42.3 Å². The van der Waals surface area contributed by atoms with E-state index in [9.17, 15) is 0 Å². The fourth-order valence-corrected chi connectivity index (χ4v) is 3.65. The number of halogens is 1. The van der Waals surface area contributed by atoms with E-state index < -0.39 is 0 Å². The molecule has 2 heterocycles. The Bertz CT molecular complexity index is 811. The summed E-state index contributed by atoms with van der Waals surface area (Å²) in [6.07, 6.45) is 2.98. The van der Waals surface area contributed by atoms with E-state index >= 15 is 0 Å². The lowest BCUT2D eigenvalue weighted by Crippen LogP contribution is -2.40. The lowest BCUT2D eigenvalue weighted by Gasteiger charge is -2.19. The second kappa shape index (κ2) is 8.99. The van der Waals surface area contributed by atoms with E-state index in [1.807, 2.05) is 6.20 Å². The predicted octanol–water partition coefficient (Wildman–Crippen LogP) is 3.93. The molecular formula is C21H30BrN5O. The van der Waals surface area contributed by atoms with Crippen LogP contribution in [-0.4, -0.2) is 37.6 Å². The van der Waals surface area contributed by atoms with E-state index in [1.165, 1.54) is 12.1 Å². The molecule has 152 valence electrons. The number of oxazole rings is 1. The van der Waals surface area contributed by atoms with Crippen molar-refractivity contribution < 1.29 is 4.42 Å².